The Labute approximate surface area is 376 Å². The molecule has 2 aromatic heterocycles. The first-order chi connectivity index (χ1) is 32.2. The molecule has 65 heavy (non-hydrogen) atoms. The molecule has 0 atom stereocenters. The fraction of sp³-hybridized carbons (Fsp3) is 0. The summed E-state index contributed by atoms with van der Waals surface area (Å²) in [6.07, 6.45) is 0. The highest BCUT2D eigenvalue weighted by Gasteiger charge is 2.25. The Morgan fingerprint density at radius 3 is 1.29 bits per heavy atom. The second-order valence-electron chi connectivity index (χ2n) is 16.3. The Hall–Kier alpha value is -8.73. The molecule has 0 aliphatic rings. The molecule has 0 spiro atoms. The first-order valence-corrected chi connectivity index (χ1v) is 21.9. The summed E-state index contributed by atoms with van der Waals surface area (Å²) in [6.45, 7) is 0. The first-order valence-electron chi connectivity index (χ1n) is 21.9. The molecule has 0 aliphatic heterocycles. The second-order valence-corrected chi connectivity index (χ2v) is 16.3. The zero-order chi connectivity index (χ0) is 43.1. The van der Waals surface area contributed by atoms with Crippen molar-refractivity contribution >= 4 is 32.7 Å². The Morgan fingerprint density at radius 1 is 0.262 bits per heavy atom. The van der Waals surface area contributed by atoms with Crippen LogP contribution in [0.3, 0.4) is 0 Å². The Morgan fingerprint density at radius 2 is 0.708 bits per heavy atom. The summed E-state index contributed by atoms with van der Waals surface area (Å²) in [5, 5.41) is 4.42. The van der Waals surface area contributed by atoms with Crippen molar-refractivity contribution in [1.29, 1.82) is 0 Å². The van der Waals surface area contributed by atoms with E-state index in [0.29, 0.717) is 17.5 Å². The van der Waals surface area contributed by atoms with Gasteiger partial charge in [-0.05, 0) is 103 Å². The largest absolute Gasteiger partial charge is 0.456 e. The van der Waals surface area contributed by atoms with Crippen molar-refractivity contribution in [2.45, 2.75) is 0 Å². The summed E-state index contributed by atoms with van der Waals surface area (Å²) >= 11 is 0. The van der Waals surface area contributed by atoms with E-state index in [1.807, 2.05) is 24.3 Å². The number of hydrogen-bond acceptors (Lipinski definition) is 4. The molecule has 12 rings (SSSR count). The van der Waals surface area contributed by atoms with Crippen molar-refractivity contribution in [2.24, 2.45) is 0 Å². The fourth-order valence-electron chi connectivity index (χ4n) is 9.32. The monoisotopic (exact) mass is 829 g/mol. The van der Waals surface area contributed by atoms with Crippen molar-refractivity contribution in [3.63, 3.8) is 0 Å². The van der Waals surface area contributed by atoms with Gasteiger partial charge in [0.1, 0.15) is 11.2 Å². The summed E-state index contributed by atoms with van der Waals surface area (Å²) in [7, 11) is 0. The zero-order valence-electron chi connectivity index (χ0n) is 35.3. The van der Waals surface area contributed by atoms with Gasteiger partial charge in [-0.2, -0.15) is 0 Å². The van der Waals surface area contributed by atoms with Gasteiger partial charge in [0.15, 0.2) is 17.5 Å². The Kier molecular flexibility index (Phi) is 9.46. The van der Waals surface area contributed by atoms with Crippen LogP contribution in [0, 0.1) is 0 Å². The van der Waals surface area contributed by atoms with E-state index in [1.165, 1.54) is 0 Å². The van der Waals surface area contributed by atoms with Gasteiger partial charge in [0.25, 0.3) is 0 Å². The van der Waals surface area contributed by atoms with Crippen LogP contribution >= 0.6 is 0 Å². The normalized spacial score (nSPS) is 11.4. The highest BCUT2D eigenvalue weighted by Crippen LogP contribution is 2.50. The molecule has 304 valence electrons. The molecule has 0 aliphatic carbocycles. The lowest BCUT2D eigenvalue weighted by Crippen LogP contribution is -2.01. The van der Waals surface area contributed by atoms with Crippen molar-refractivity contribution in [1.82, 2.24) is 15.0 Å². The van der Waals surface area contributed by atoms with Crippen LogP contribution in [0.5, 0.6) is 0 Å². The molecule has 4 heteroatoms. The van der Waals surface area contributed by atoms with Gasteiger partial charge in [-0.3, -0.25) is 0 Å². The minimum absolute atomic E-state index is 0.586. The maximum atomic E-state index is 6.40. The molecular weight excluding hydrogens is 791 g/mol. The third kappa shape index (κ3) is 6.95. The molecule has 0 amide bonds. The van der Waals surface area contributed by atoms with E-state index in [-0.39, 0.29) is 0 Å². The van der Waals surface area contributed by atoms with Crippen LogP contribution in [0.1, 0.15) is 0 Å². The van der Waals surface area contributed by atoms with Crippen LogP contribution in [-0.4, -0.2) is 15.0 Å². The van der Waals surface area contributed by atoms with Crippen LogP contribution in [0.15, 0.2) is 241 Å². The zero-order valence-corrected chi connectivity index (χ0v) is 35.3. The predicted octanol–water partition coefficient (Wildman–Crippen LogP) is 16.3. The summed E-state index contributed by atoms with van der Waals surface area (Å²) < 4.78 is 6.40. The molecule has 0 saturated carbocycles. The van der Waals surface area contributed by atoms with Gasteiger partial charge in [0.05, 0.1) is 0 Å². The van der Waals surface area contributed by atoms with Crippen molar-refractivity contribution in [3.05, 3.63) is 237 Å². The third-order valence-electron chi connectivity index (χ3n) is 12.3. The standard InChI is InChI=1S/C61H39N3O/c1-6-19-40(20-7-1)50-39-51(41-21-8-2-9-22-41)56(44-26-12-4-13-27-44)57(55(50)43-24-10-3-11-25-43)46-30-18-31-47(37-46)60-62-59(45-28-14-5-15-29-45)63-61(64-60)48-34-35-53-52(38-48)58-49-32-17-16-23-42(49)33-36-54(58)65-53/h1-39H. The Bertz CT molecular complexity index is 3580. The van der Waals surface area contributed by atoms with Crippen LogP contribution in [-0.2, 0) is 0 Å². The fourth-order valence-corrected chi connectivity index (χ4v) is 9.32. The SMILES string of the molecule is c1ccc(-c2nc(-c3cccc(-c4c(-c5ccccc5)c(-c5ccccc5)cc(-c5ccccc5)c4-c4ccccc4)c3)nc(-c3ccc4oc5ccc6ccccc6c5c4c3)n2)cc1. The van der Waals surface area contributed by atoms with Crippen LogP contribution in [0.25, 0.3) is 123 Å². The average molecular weight is 830 g/mol. The molecule has 0 saturated heterocycles. The minimum Gasteiger partial charge on any atom is -0.456 e. The van der Waals surface area contributed by atoms with Gasteiger partial charge < -0.3 is 4.42 Å². The number of furan rings is 1. The van der Waals surface area contributed by atoms with Gasteiger partial charge in [-0.15, -0.1) is 0 Å². The van der Waals surface area contributed by atoms with E-state index in [4.69, 9.17) is 19.4 Å². The van der Waals surface area contributed by atoms with Crippen molar-refractivity contribution in [3.8, 4) is 89.8 Å². The summed E-state index contributed by atoms with van der Waals surface area (Å²) in [5.74, 6) is 1.78. The number of aromatic nitrogens is 3. The van der Waals surface area contributed by atoms with E-state index in [9.17, 15) is 0 Å². The molecule has 4 nitrogen and oxygen atoms in total. The quantitative estimate of drug-likeness (QED) is 0.153. The first kappa shape index (κ1) is 38.0. The van der Waals surface area contributed by atoms with Crippen molar-refractivity contribution in [2.75, 3.05) is 0 Å². The molecule has 12 aromatic rings. The number of fused-ring (bicyclic) bond motifs is 5. The lowest BCUT2D eigenvalue weighted by atomic mass is 9.78. The highest BCUT2D eigenvalue weighted by molar-refractivity contribution is 6.19. The third-order valence-corrected chi connectivity index (χ3v) is 12.3. The highest BCUT2D eigenvalue weighted by atomic mass is 16.3. The molecular formula is C61H39N3O. The smallest absolute Gasteiger partial charge is 0.164 e. The summed E-state index contributed by atoms with van der Waals surface area (Å²) in [4.78, 5) is 15.7. The number of rotatable bonds is 8. The van der Waals surface area contributed by atoms with E-state index >= 15 is 0 Å². The molecule has 10 aromatic carbocycles. The van der Waals surface area contributed by atoms with Crippen LogP contribution in [0.2, 0.25) is 0 Å². The van der Waals surface area contributed by atoms with Gasteiger partial charge in [-0.25, -0.2) is 15.0 Å². The second kappa shape index (κ2) is 16.2. The lowest BCUT2D eigenvalue weighted by Gasteiger charge is -2.24. The summed E-state index contributed by atoms with van der Waals surface area (Å²) in [5.41, 5.74) is 15.7. The van der Waals surface area contributed by atoms with E-state index in [1.54, 1.807) is 0 Å². The maximum Gasteiger partial charge on any atom is 0.164 e. The predicted molar refractivity (Wildman–Crippen MR) is 268 cm³/mol. The van der Waals surface area contributed by atoms with Crippen molar-refractivity contribution < 1.29 is 4.42 Å². The molecule has 2 heterocycles. The molecule has 0 unspecified atom stereocenters. The van der Waals surface area contributed by atoms with E-state index in [2.05, 4.69) is 212 Å². The van der Waals surface area contributed by atoms with E-state index < -0.39 is 0 Å². The molecule has 0 radical (unpaired) electrons. The maximum absolute atomic E-state index is 6.40. The summed E-state index contributed by atoms with van der Waals surface area (Å²) in [6, 6.07) is 83.2. The Balaban J connectivity index is 1.12. The van der Waals surface area contributed by atoms with E-state index in [0.717, 1.165) is 105 Å². The van der Waals surface area contributed by atoms with Gasteiger partial charge in [0, 0.05) is 27.5 Å². The minimum atomic E-state index is 0.586. The van der Waals surface area contributed by atoms with Gasteiger partial charge >= 0.3 is 0 Å². The number of benzene rings is 10. The number of nitrogens with zero attached hydrogens (tertiary/aromatic N) is 3. The molecule has 0 N–H and O–H groups in total. The van der Waals surface area contributed by atoms with Gasteiger partial charge in [-0.1, -0.05) is 200 Å². The van der Waals surface area contributed by atoms with Crippen LogP contribution < -0.4 is 0 Å². The molecule has 0 bridgehead atoms. The van der Waals surface area contributed by atoms with Gasteiger partial charge in [0.2, 0.25) is 0 Å². The average Bonchev–Trinajstić information content (AvgIpc) is 3.78. The lowest BCUT2D eigenvalue weighted by molar-refractivity contribution is 0.669. The number of hydrogen-bond donors (Lipinski definition) is 0. The van der Waals surface area contributed by atoms with Crippen LogP contribution in [0.4, 0.5) is 0 Å². The molecule has 0 fully saturated rings. The topological polar surface area (TPSA) is 51.8 Å².